The molecule has 5 atom stereocenters. The van der Waals surface area contributed by atoms with Gasteiger partial charge in [0.1, 0.15) is 6.04 Å². The van der Waals surface area contributed by atoms with Gasteiger partial charge >= 0.3 is 0 Å². The molecule has 2 fully saturated rings. The van der Waals surface area contributed by atoms with E-state index in [-0.39, 0.29) is 17.9 Å². The second-order valence-electron chi connectivity index (χ2n) is 8.38. The van der Waals surface area contributed by atoms with Crippen LogP contribution in [0.4, 0.5) is 0 Å². The van der Waals surface area contributed by atoms with Gasteiger partial charge in [0, 0.05) is 12.6 Å². The van der Waals surface area contributed by atoms with Gasteiger partial charge in [-0.15, -0.1) is 0 Å². The predicted octanol–water partition coefficient (Wildman–Crippen LogP) is 2.30. The van der Waals surface area contributed by atoms with Gasteiger partial charge in [0.15, 0.2) is 0 Å². The number of carbonyl (C=O) groups is 1. The average molecular weight is 335 g/mol. The Balaban J connectivity index is 1.81. The average Bonchev–Trinajstić information content (AvgIpc) is 3.11. The van der Waals surface area contributed by atoms with Crippen LogP contribution in [0, 0.1) is 29.1 Å². The molecule has 5 heteroatoms. The Labute approximate surface area is 146 Å². The maximum atomic E-state index is 12.3. The van der Waals surface area contributed by atoms with Gasteiger partial charge in [-0.05, 0) is 56.8 Å². The number of likely N-dealkylation sites (tertiary alicyclic amines) is 1. The van der Waals surface area contributed by atoms with E-state index in [2.05, 4.69) is 32.2 Å². The van der Waals surface area contributed by atoms with Crippen LogP contribution in [-0.4, -0.2) is 46.7 Å². The molecule has 1 heterocycles. The summed E-state index contributed by atoms with van der Waals surface area (Å²) >= 11 is 0. The van der Waals surface area contributed by atoms with Crippen LogP contribution in [-0.2, 0) is 4.79 Å². The minimum absolute atomic E-state index is 0.0457. The van der Waals surface area contributed by atoms with Gasteiger partial charge in [0.05, 0.1) is 18.2 Å². The molecule has 2 aliphatic rings. The van der Waals surface area contributed by atoms with Gasteiger partial charge in [0.2, 0.25) is 5.91 Å². The number of amides is 1. The molecule has 1 aliphatic heterocycles. The fourth-order valence-electron chi connectivity index (χ4n) is 4.09. The lowest BCUT2D eigenvalue weighted by Gasteiger charge is -2.32. The summed E-state index contributed by atoms with van der Waals surface area (Å²) in [7, 11) is 0. The molecule has 1 saturated heterocycles. The molecule has 5 nitrogen and oxygen atoms in total. The first-order valence-corrected chi connectivity index (χ1v) is 9.39. The van der Waals surface area contributed by atoms with Crippen LogP contribution < -0.4 is 5.32 Å². The highest BCUT2D eigenvalue weighted by Gasteiger charge is 2.37. The molecule has 24 heavy (non-hydrogen) atoms. The number of nitrogens with one attached hydrogen (secondary N) is 1. The van der Waals surface area contributed by atoms with Crippen molar-refractivity contribution >= 4 is 5.91 Å². The molecule has 0 bridgehead atoms. The number of hydrogen-bond donors (Lipinski definition) is 2. The lowest BCUT2D eigenvalue weighted by Crippen LogP contribution is -2.43. The van der Waals surface area contributed by atoms with Crippen LogP contribution in [0.3, 0.4) is 0 Å². The van der Waals surface area contributed by atoms with Crippen LogP contribution in [0.1, 0.15) is 59.8 Å². The molecule has 1 amide bonds. The summed E-state index contributed by atoms with van der Waals surface area (Å²) in [6.45, 7) is 9.34. The third-order valence-corrected chi connectivity index (χ3v) is 6.23. The van der Waals surface area contributed by atoms with Crippen LogP contribution in [0.5, 0.6) is 0 Å². The monoisotopic (exact) mass is 335 g/mol. The molecule has 0 radical (unpaired) electrons. The van der Waals surface area contributed by atoms with Crippen LogP contribution in [0.15, 0.2) is 0 Å². The summed E-state index contributed by atoms with van der Waals surface area (Å²) in [5.41, 5.74) is -0.626. The molecule has 0 aromatic carbocycles. The van der Waals surface area contributed by atoms with E-state index in [0.29, 0.717) is 31.0 Å². The lowest BCUT2D eigenvalue weighted by atomic mass is 9.80. The lowest BCUT2D eigenvalue weighted by molar-refractivity contribution is -0.130. The molecule has 2 N–H and O–H groups in total. The Morgan fingerprint density at radius 1 is 1.46 bits per heavy atom. The van der Waals surface area contributed by atoms with Crippen molar-refractivity contribution in [3.63, 3.8) is 0 Å². The number of aliphatic hydroxyl groups is 1. The summed E-state index contributed by atoms with van der Waals surface area (Å²) in [6, 6.07) is 2.32. The van der Waals surface area contributed by atoms with E-state index < -0.39 is 5.60 Å². The Morgan fingerprint density at radius 3 is 2.79 bits per heavy atom. The summed E-state index contributed by atoms with van der Waals surface area (Å²) in [6.07, 6.45) is 4.61. The normalized spacial score (nSPS) is 32.8. The maximum absolute atomic E-state index is 12.3. The van der Waals surface area contributed by atoms with Gasteiger partial charge in [-0.3, -0.25) is 4.79 Å². The van der Waals surface area contributed by atoms with Crippen LogP contribution >= 0.6 is 0 Å². The Bertz CT molecular complexity index is 483. The molecule has 2 rings (SSSR count). The Kier molecular flexibility index (Phi) is 6.28. The quantitative estimate of drug-likeness (QED) is 0.781. The van der Waals surface area contributed by atoms with Crippen molar-refractivity contribution in [2.45, 2.75) is 77.5 Å². The zero-order valence-electron chi connectivity index (χ0n) is 15.6. The summed E-state index contributed by atoms with van der Waals surface area (Å²) in [4.78, 5) is 14.0. The molecule has 136 valence electrons. The van der Waals surface area contributed by atoms with Crippen molar-refractivity contribution in [2.24, 2.45) is 17.8 Å². The van der Waals surface area contributed by atoms with Crippen LogP contribution in [0.2, 0.25) is 0 Å². The smallest absolute Gasteiger partial charge is 0.237 e. The first-order chi connectivity index (χ1) is 11.2. The van der Waals surface area contributed by atoms with Crippen molar-refractivity contribution < 1.29 is 9.90 Å². The minimum atomic E-state index is -0.626. The van der Waals surface area contributed by atoms with E-state index in [1.165, 1.54) is 0 Å². The van der Waals surface area contributed by atoms with Crippen molar-refractivity contribution in [2.75, 3.05) is 13.1 Å². The van der Waals surface area contributed by atoms with Gasteiger partial charge in [-0.25, -0.2) is 0 Å². The van der Waals surface area contributed by atoms with Gasteiger partial charge in [-0.2, -0.15) is 5.26 Å². The van der Waals surface area contributed by atoms with E-state index in [0.717, 1.165) is 32.1 Å². The Morgan fingerprint density at radius 2 is 2.17 bits per heavy atom. The standard InChI is InChI=1S/C19H33N3O2/c1-13(2)19(4,24)10-15-9-16(8-14(15)3)21-12-18(23)22-7-5-6-17(22)11-20/h13-17,21,24H,5-10,12H2,1-4H3/t14-,15-,16+,17?,19?/m1/s1. The fourth-order valence-corrected chi connectivity index (χ4v) is 4.09. The minimum Gasteiger partial charge on any atom is -0.390 e. The van der Waals surface area contributed by atoms with E-state index in [4.69, 9.17) is 5.26 Å². The largest absolute Gasteiger partial charge is 0.390 e. The predicted molar refractivity (Wildman–Crippen MR) is 94.1 cm³/mol. The van der Waals surface area contributed by atoms with Crippen molar-refractivity contribution in [1.82, 2.24) is 10.2 Å². The van der Waals surface area contributed by atoms with E-state index in [9.17, 15) is 9.90 Å². The summed E-state index contributed by atoms with van der Waals surface area (Å²) in [5, 5.41) is 23.1. The molecule has 0 aromatic rings. The van der Waals surface area contributed by atoms with E-state index >= 15 is 0 Å². The molecular weight excluding hydrogens is 302 g/mol. The zero-order valence-corrected chi connectivity index (χ0v) is 15.6. The molecular formula is C19H33N3O2. The summed E-state index contributed by atoms with van der Waals surface area (Å²) in [5.74, 6) is 1.34. The van der Waals surface area contributed by atoms with E-state index in [1.54, 1.807) is 4.90 Å². The van der Waals surface area contributed by atoms with Crippen molar-refractivity contribution in [3.8, 4) is 6.07 Å². The highest BCUT2D eigenvalue weighted by Crippen LogP contribution is 2.39. The zero-order chi connectivity index (χ0) is 17.9. The number of hydrogen-bond acceptors (Lipinski definition) is 4. The van der Waals surface area contributed by atoms with Crippen molar-refractivity contribution in [3.05, 3.63) is 0 Å². The first-order valence-electron chi connectivity index (χ1n) is 9.39. The Hall–Kier alpha value is -1.12. The number of carbonyl (C=O) groups excluding carboxylic acids is 1. The second-order valence-corrected chi connectivity index (χ2v) is 8.38. The molecule has 0 aromatic heterocycles. The van der Waals surface area contributed by atoms with Gasteiger partial charge in [0.25, 0.3) is 0 Å². The van der Waals surface area contributed by atoms with Crippen LogP contribution in [0.25, 0.3) is 0 Å². The first kappa shape index (κ1) is 19.2. The highest BCUT2D eigenvalue weighted by atomic mass is 16.3. The molecule has 1 saturated carbocycles. The van der Waals surface area contributed by atoms with Crippen molar-refractivity contribution in [1.29, 1.82) is 5.26 Å². The highest BCUT2D eigenvalue weighted by molar-refractivity contribution is 5.79. The third kappa shape index (κ3) is 4.49. The topological polar surface area (TPSA) is 76.4 Å². The number of nitriles is 1. The van der Waals surface area contributed by atoms with Gasteiger partial charge in [-0.1, -0.05) is 20.8 Å². The number of rotatable bonds is 6. The SMILES string of the molecule is CC(C)C(C)(O)C[C@H]1C[C@@H](NCC(=O)N2CCCC2C#N)C[C@H]1C. The third-order valence-electron chi connectivity index (χ3n) is 6.23. The molecule has 2 unspecified atom stereocenters. The fraction of sp³-hybridized carbons (Fsp3) is 0.895. The molecule has 0 spiro atoms. The molecule has 1 aliphatic carbocycles. The van der Waals surface area contributed by atoms with E-state index in [1.807, 2.05) is 6.92 Å². The van der Waals surface area contributed by atoms with Gasteiger partial charge < -0.3 is 15.3 Å². The number of nitrogens with zero attached hydrogens (tertiary/aromatic N) is 2. The summed E-state index contributed by atoms with van der Waals surface area (Å²) < 4.78 is 0. The maximum Gasteiger partial charge on any atom is 0.237 e. The second kappa shape index (κ2) is 7.84.